The molecule has 0 atom stereocenters. The number of benzene rings is 1. The van der Waals surface area contributed by atoms with E-state index in [0.29, 0.717) is 18.5 Å². The topological polar surface area (TPSA) is 20.3 Å². The minimum Gasteiger partial charge on any atom is -0.306 e. The minimum absolute atomic E-state index is 0.0732. The first kappa shape index (κ1) is 15.9. The van der Waals surface area contributed by atoms with Gasteiger partial charge in [-0.3, -0.25) is 4.79 Å². The molecule has 0 bridgehead atoms. The third-order valence-corrected chi connectivity index (χ3v) is 3.86. The maximum absolute atomic E-state index is 13.4. The van der Waals surface area contributed by atoms with Gasteiger partial charge in [-0.15, -0.1) is 0 Å². The Kier molecular flexibility index (Phi) is 3.85. The zero-order valence-electron chi connectivity index (χ0n) is 13.4. The molecule has 0 saturated heterocycles. The Morgan fingerprint density at radius 3 is 2.29 bits per heavy atom. The molecule has 1 aromatic carbocycles. The first-order valence-electron chi connectivity index (χ1n) is 7.32. The fourth-order valence-electron chi connectivity index (χ4n) is 3.26. The van der Waals surface area contributed by atoms with Gasteiger partial charge in [0.1, 0.15) is 0 Å². The van der Waals surface area contributed by atoms with Crippen LogP contribution in [-0.2, 0) is 16.6 Å². The molecule has 1 aliphatic rings. The highest BCUT2D eigenvalue weighted by Gasteiger charge is 2.35. The summed E-state index contributed by atoms with van der Waals surface area (Å²) in [5.41, 5.74) is 3.96. The molecule has 0 radical (unpaired) electrons. The third kappa shape index (κ3) is 3.25. The molecule has 1 aliphatic heterocycles. The largest absolute Gasteiger partial charge is 0.306 e. The molecule has 21 heavy (non-hydrogen) atoms. The predicted octanol–water partition coefficient (Wildman–Crippen LogP) is 4.23. The van der Waals surface area contributed by atoms with Crippen molar-refractivity contribution >= 4 is 11.6 Å². The lowest BCUT2D eigenvalue weighted by Crippen LogP contribution is -2.43. The van der Waals surface area contributed by atoms with Gasteiger partial charge in [-0.1, -0.05) is 26.8 Å². The smallest absolute Gasteiger partial charge is 0.263 e. The number of rotatable bonds is 2. The van der Waals surface area contributed by atoms with Crippen LogP contribution in [0.2, 0.25) is 0 Å². The first-order valence-corrected chi connectivity index (χ1v) is 7.32. The van der Waals surface area contributed by atoms with E-state index < -0.39 is 12.5 Å². The Morgan fingerprint density at radius 1 is 1.14 bits per heavy atom. The Balaban J connectivity index is 2.57. The normalized spacial score (nSPS) is 16.1. The number of amides is 1. The number of hydrogen-bond acceptors (Lipinski definition) is 1. The van der Waals surface area contributed by atoms with Crippen molar-refractivity contribution in [3.05, 3.63) is 28.8 Å². The molecule has 2 rings (SSSR count). The van der Waals surface area contributed by atoms with E-state index in [4.69, 9.17) is 0 Å². The monoisotopic (exact) mass is 295 g/mol. The summed E-state index contributed by atoms with van der Waals surface area (Å²) >= 11 is 0. The number of anilines is 1. The van der Waals surface area contributed by atoms with Crippen LogP contribution in [0.15, 0.2) is 12.1 Å². The van der Waals surface area contributed by atoms with Gasteiger partial charge in [0.25, 0.3) is 5.92 Å². The molecule has 0 N–H and O–H groups in total. The zero-order chi connectivity index (χ0) is 16.0. The number of nitrogens with zero attached hydrogens (tertiary/aromatic N) is 1. The molecule has 2 nitrogen and oxygen atoms in total. The lowest BCUT2D eigenvalue weighted by molar-refractivity contribution is -0.120. The van der Waals surface area contributed by atoms with E-state index in [9.17, 15) is 13.6 Å². The summed E-state index contributed by atoms with van der Waals surface area (Å²) in [5.74, 6) is -3.11. The summed E-state index contributed by atoms with van der Waals surface area (Å²) in [6, 6.07) is 3.74. The molecule has 0 aliphatic carbocycles. The summed E-state index contributed by atoms with van der Waals surface area (Å²) in [7, 11) is 0. The standard InChI is InChI=1S/C17H23F2NO/c1-11-6-8-13-12(15(11)16(2,3)4)7-9-14(21)20(13)10-17(5,18)19/h6,8H,7,9-10H2,1-5H3. The average Bonchev–Trinajstić information content (AvgIpc) is 2.29. The van der Waals surface area contributed by atoms with Crippen LogP contribution in [0.1, 0.15) is 50.8 Å². The Hall–Kier alpha value is -1.45. The summed E-state index contributed by atoms with van der Waals surface area (Å²) in [4.78, 5) is 13.3. The first-order chi connectivity index (χ1) is 9.50. The lowest BCUT2D eigenvalue weighted by atomic mass is 9.78. The Labute approximate surface area is 125 Å². The maximum Gasteiger partial charge on any atom is 0.263 e. The van der Waals surface area contributed by atoms with Gasteiger partial charge in [0, 0.05) is 19.0 Å². The van der Waals surface area contributed by atoms with Crippen LogP contribution in [-0.4, -0.2) is 18.4 Å². The van der Waals surface area contributed by atoms with Crippen LogP contribution >= 0.6 is 0 Å². The molecule has 116 valence electrons. The van der Waals surface area contributed by atoms with Crippen LogP contribution in [0.5, 0.6) is 0 Å². The van der Waals surface area contributed by atoms with Crippen LogP contribution in [0.4, 0.5) is 14.5 Å². The Morgan fingerprint density at radius 2 is 1.76 bits per heavy atom. The van der Waals surface area contributed by atoms with Crippen molar-refractivity contribution in [1.29, 1.82) is 0 Å². The minimum atomic E-state index is -2.89. The number of alkyl halides is 2. The van der Waals surface area contributed by atoms with E-state index >= 15 is 0 Å². The SMILES string of the molecule is Cc1ccc2c(c1C(C)(C)C)CCC(=O)N2CC(C)(F)F. The van der Waals surface area contributed by atoms with Crippen LogP contribution < -0.4 is 4.90 Å². The lowest BCUT2D eigenvalue weighted by Gasteiger charge is -2.35. The van der Waals surface area contributed by atoms with Crippen LogP contribution in [0, 0.1) is 6.92 Å². The van der Waals surface area contributed by atoms with Gasteiger partial charge in [-0.25, -0.2) is 8.78 Å². The molecule has 4 heteroatoms. The van der Waals surface area contributed by atoms with E-state index in [0.717, 1.165) is 18.1 Å². The fraction of sp³-hybridized carbons (Fsp3) is 0.588. The zero-order valence-corrected chi connectivity index (χ0v) is 13.4. The van der Waals surface area contributed by atoms with Gasteiger partial charge in [-0.2, -0.15) is 0 Å². The highest BCUT2D eigenvalue weighted by Crippen LogP contribution is 2.39. The van der Waals surface area contributed by atoms with Crippen molar-refractivity contribution < 1.29 is 13.6 Å². The van der Waals surface area contributed by atoms with Gasteiger partial charge in [0.2, 0.25) is 5.91 Å². The Bertz CT molecular complexity index is 567. The van der Waals surface area contributed by atoms with Crippen molar-refractivity contribution in [3.8, 4) is 0 Å². The van der Waals surface area contributed by atoms with E-state index in [1.165, 1.54) is 10.5 Å². The van der Waals surface area contributed by atoms with Gasteiger partial charge in [-0.05, 0) is 41.5 Å². The van der Waals surface area contributed by atoms with Gasteiger partial charge in [0.05, 0.1) is 6.54 Å². The molecule has 1 amide bonds. The van der Waals surface area contributed by atoms with E-state index in [-0.39, 0.29) is 11.3 Å². The third-order valence-electron chi connectivity index (χ3n) is 3.86. The van der Waals surface area contributed by atoms with Crippen molar-refractivity contribution in [3.63, 3.8) is 0 Å². The van der Waals surface area contributed by atoms with Crippen molar-refractivity contribution in [1.82, 2.24) is 0 Å². The van der Waals surface area contributed by atoms with E-state index in [1.807, 2.05) is 19.1 Å². The quantitative estimate of drug-likeness (QED) is 0.799. The van der Waals surface area contributed by atoms with E-state index in [2.05, 4.69) is 20.8 Å². The molecular weight excluding hydrogens is 272 g/mol. The maximum atomic E-state index is 13.4. The molecule has 1 aromatic rings. The summed E-state index contributed by atoms with van der Waals surface area (Å²) in [6.07, 6.45) is 0.934. The van der Waals surface area contributed by atoms with Crippen LogP contribution in [0.3, 0.4) is 0 Å². The predicted molar refractivity (Wildman–Crippen MR) is 81.2 cm³/mol. The number of carbonyl (C=O) groups is 1. The molecule has 0 fully saturated rings. The molecular formula is C17H23F2NO. The van der Waals surface area contributed by atoms with Gasteiger partial charge < -0.3 is 4.90 Å². The number of aryl methyl sites for hydroxylation is 1. The number of hydrogen-bond donors (Lipinski definition) is 0. The second-order valence-corrected chi connectivity index (χ2v) is 7.06. The molecule has 1 heterocycles. The number of carbonyl (C=O) groups excluding carboxylic acids is 1. The summed E-state index contributed by atoms with van der Waals surface area (Å²) in [6.45, 7) is 8.69. The fourth-order valence-corrected chi connectivity index (χ4v) is 3.26. The molecule has 0 aromatic heterocycles. The average molecular weight is 295 g/mol. The highest BCUT2D eigenvalue weighted by molar-refractivity contribution is 5.97. The van der Waals surface area contributed by atoms with Gasteiger partial charge in [0.15, 0.2) is 0 Å². The van der Waals surface area contributed by atoms with Crippen molar-refractivity contribution in [2.24, 2.45) is 0 Å². The second-order valence-electron chi connectivity index (χ2n) is 7.06. The second kappa shape index (κ2) is 5.08. The highest BCUT2D eigenvalue weighted by atomic mass is 19.3. The van der Waals surface area contributed by atoms with Crippen molar-refractivity contribution in [2.75, 3.05) is 11.4 Å². The molecule has 0 spiro atoms. The van der Waals surface area contributed by atoms with E-state index in [1.54, 1.807) is 0 Å². The molecule has 0 unspecified atom stereocenters. The number of halogens is 2. The van der Waals surface area contributed by atoms with Gasteiger partial charge >= 0.3 is 0 Å². The summed E-state index contributed by atoms with van der Waals surface area (Å²) in [5, 5.41) is 0. The number of fused-ring (bicyclic) bond motifs is 1. The van der Waals surface area contributed by atoms with Crippen molar-refractivity contribution in [2.45, 2.75) is 58.8 Å². The molecule has 0 saturated carbocycles. The van der Waals surface area contributed by atoms with Crippen LogP contribution in [0.25, 0.3) is 0 Å². The summed E-state index contributed by atoms with van der Waals surface area (Å²) < 4.78 is 26.8.